The van der Waals surface area contributed by atoms with E-state index in [9.17, 15) is 0 Å². The summed E-state index contributed by atoms with van der Waals surface area (Å²) in [6, 6.07) is 10.8. The molecule has 1 aromatic carbocycles. The van der Waals surface area contributed by atoms with Crippen molar-refractivity contribution in [1.82, 2.24) is 4.90 Å². The lowest BCUT2D eigenvalue weighted by molar-refractivity contribution is 0.0278. The van der Waals surface area contributed by atoms with Gasteiger partial charge < -0.3 is 10.5 Å². The van der Waals surface area contributed by atoms with E-state index in [2.05, 4.69) is 29.2 Å². The predicted molar refractivity (Wildman–Crippen MR) is 82.2 cm³/mol. The molecular formula is C15H22N2OS. The number of hydrogen-bond acceptors (Lipinski definition) is 3. The highest BCUT2D eigenvalue weighted by Gasteiger charge is 2.26. The van der Waals surface area contributed by atoms with E-state index in [4.69, 9.17) is 22.7 Å². The van der Waals surface area contributed by atoms with Gasteiger partial charge in [0.15, 0.2) is 0 Å². The van der Waals surface area contributed by atoms with E-state index in [1.165, 1.54) is 5.56 Å². The topological polar surface area (TPSA) is 38.5 Å². The molecule has 1 heterocycles. The predicted octanol–water partition coefficient (Wildman–Crippen LogP) is 2.51. The SMILES string of the molecule is COC1CCN(C(CC(N)=S)c2ccccc2)CC1. The van der Waals surface area contributed by atoms with E-state index in [0.29, 0.717) is 17.1 Å². The summed E-state index contributed by atoms with van der Waals surface area (Å²) in [5.74, 6) is 0. The number of rotatable bonds is 5. The van der Waals surface area contributed by atoms with Crippen molar-refractivity contribution < 1.29 is 4.74 Å². The Kier molecular flexibility index (Phi) is 5.31. The van der Waals surface area contributed by atoms with Crippen LogP contribution in [0.3, 0.4) is 0 Å². The zero-order valence-corrected chi connectivity index (χ0v) is 12.2. The number of piperidine rings is 1. The summed E-state index contributed by atoms with van der Waals surface area (Å²) in [6.07, 6.45) is 3.31. The molecule has 104 valence electrons. The van der Waals surface area contributed by atoms with Gasteiger partial charge in [-0.2, -0.15) is 0 Å². The van der Waals surface area contributed by atoms with Crippen molar-refractivity contribution in [2.45, 2.75) is 31.4 Å². The van der Waals surface area contributed by atoms with Crippen LogP contribution in [-0.2, 0) is 4.74 Å². The van der Waals surface area contributed by atoms with Crippen molar-refractivity contribution in [3.63, 3.8) is 0 Å². The lowest BCUT2D eigenvalue weighted by atomic mass is 9.98. The maximum atomic E-state index is 5.77. The first-order chi connectivity index (χ1) is 9.20. The smallest absolute Gasteiger partial charge is 0.0746 e. The molecule has 1 unspecified atom stereocenters. The van der Waals surface area contributed by atoms with Crippen LogP contribution < -0.4 is 5.73 Å². The summed E-state index contributed by atoms with van der Waals surface area (Å²) in [5, 5.41) is 0. The van der Waals surface area contributed by atoms with Gasteiger partial charge in [0.05, 0.1) is 11.1 Å². The van der Waals surface area contributed by atoms with E-state index >= 15 is 0 Å². The van der Waals surface area contributed by atoms with Crippen LogP contribution in [0.5, 0.6) is 0 Å². The molecule has 0 radical (unpaired) electrons. The Morgan fingerprint density at radius 2 is 2.00 bits per heavy atom. The van der Waals surface area contributed by atoms with Crippen LogP contribution in [-0.4, -0.2) is 36.2 Å². The summed E-state index contributed by atoms with van der Waals surface area (Å²) in [7, 11) is 1.80. The molecule has 2 N–H and O–H groups in total. The number of benzene rings is 1. The second-order valence-electron chi connectivity index (χ2n) is 5.07. The van der Waals surface area contributed by atoms with Crippen molar-refractivity contribution in [1.29, 1.82) is 0 Å². The molecule has 0 aliphatic carbocycles. The lowest BCUT2D eigenvalue weighted by Crippen LogP contribution is -2.40. The Balaban J connectivity index is 2.08. The minimum absolute atomic E-state index is 0.302. The normalized spacial score (nSPS) is 19.2. The first-order valence-electron chi connectivity index (χ1n) is 6.81. The Hall–Kier alpha value is -0.970. The first-order valence-corrected chi connectivity index (χ1v) is 7.21. The molecule has 4 heteroatoms. The Labute approximate surface area is 120 Å². The fourth-order valence-electron chi connectivity index (χ4n) is 2.75. The highest BCUT2D eigenvalue weighted by molar-refractivity contribution is 7.80. The highest BCUT2D eigenvalue weighted by Crippen LogP contribution is 2.28. The molecule has 1 atom stereocenters. The summed E-state index contributed by atoms with van der Waals surface area (Å²) in [6.45, 7) is 2.08. The number of nitrogens with zero attached hydrogens (tertiary/aromatic N) is 1. The van der Waals surface area contributed by atoms with Crippen LogP contribution in [0.2, 0.25) is 0 Å². The number of nitrogens with two attached hydrogens (primary N) is 1. The standard InChI is InChI=1S/C15H22N2OS/c1-18-13-7-9-17(10-8-13)14(11-15(16)19)12-5-3-2-4-6-12/h2-6,13-14H,7-11H2,1H3,(H2,16,19). The molecule has 0 saturated carbocycles. The molecular weight excluding hydrogens is 256 g/mol. The van der Waals surface area contributed by atoms with E-state index in [-0.39, 0.29) is 0 Å². The molecule has 0 aromatic heterocycles. The zero-order chi connectivity index (χ0) is 13.7. The lowest BCUT2D eigenvalue weighted by Gasteiger charge is -2.37. The second kappa shape index (κ2) is 6.98. The highest BCUT2D eigenvalue weighted by atomic mass is 32.1. The number of methoxy groups -OCH3 is 1. The van der Waals surface area contributed by atoms with Gasteiger partial charge in [-0.1, -0.05) is 42.5 Å². The molecule has 19 heavy (non-hydrogen) atoms. The number of hydrogen-bond donors (Lipinski definition) is 1. The number of thiocarbonyl (C=S) groups is 1. The van der Waals surface area contributed by atoms with Crippen LogP contribution in [0.15, 0.2) is 30.3 Å². The summed E-state index contributed by atoms with van der Waals surface area (Å²) < 4.78 is 5.43. The molecule has 0 amide bonds. The second-order valence-corrected chi connectivity index (χ2v) is 5.59. The first kappa shape index (κ1) is 14.4. The van der Waals surface area contributed by atoms with Gasteiger partial charge in [0, 0.05) is 32.7 Å². The molecule has 1 fully saturated rings. The molecule has 1 saturated heterocycles. The molecule has 0 spiro atoms. The van der Waals surface area contributed by atoms with Crippen LogP contribution in [0.1, 0.15) is 30.9 Å². The minimum Gasteiger partial charge on any atom is -0.393 e. The van der Waals surface area contributed by atoms with E-state index in [0.717, 1.165) is 32.4 Å². The third-order valence-corrected chi connectivity index (χ3v) is 4.00. The molecule has 2 rings (SSSR count). The summed E-state index contributed by atoms with van der Waals surface area (Å²) >= 11 is 5.11. The average molecular weight is 278 g/mol. The molecule has 0 bridgehead atoms. The van der Waals surface area contributed by atoms with Crippen LogP contribution in [0.4, 0.5) is 0 Å². The van der Waals surface area contributed by atoms with Crippen molar-refractivity contribution in [2.24, 2.45) is 5.73 Å². The maximum Gasteiger partial charge on any atom is 0.0746 e. The monoisotopic (exact) mass is 278 g/mol. The van der Waals surface area contributed by atoms with Gasteiger partial charge in [0.2, 0.25) is 0 Å². The van der Waals surface area contributed by atoms with Gasteiger partial charge in [-0.3, -0.25) is 4.90 Å². The Morgan fingerprint density at radius 1 is 1.37 bits per heavy atom. The summed E-state index contributed by atoms with van der Waals surface area (Å²) in [5.41, 5.74) is 7.07. The average Bonchev–Trinajstić information content (AvgIpc) is 2.46. The molecule has 1 aliphatic rings. The molecule has 3 nitrogen and oxygen atoms in total. The largest absolute Gasteiger partial charge is 0.393 e. The fraction of sp³-hybridized carbons (Fsp3) is 0.533. The van der Waals surface area contributed by atoms with Gasteiger partial charge >= 0.3 is 0 Å². The van der Waals surface area contributed by atoms with Crippen molar-refractivity contribution >= 4 is 17.2 Å². The third kappa shape index (κ3) is 4.00. The Bertz CT molecular complexity index is 402. The van der Waals surface area contributed by atoms with Gasteiger partial charge in [0.1, 0.15) is 0 Å². The van der Waals surface area contributed by atoms with E-state index < -0.39 is 0 Å². The van der Waals surface area contributed by atoms with Crippen LogP contribution in [0, 0.1) is 0 Å². The zero-order valence-electron chi connectivity index (χ0n) is 11.4. The van der Waals surface area contributed by atoms with E-state index in [1.54, 1.807) is 7.11 Å². The fourth-order valence-corrected chi connectivity index (χ4v) is 2.90. The van der Waals surface area contributed by atoms with Crippen LogP contribution in [0.25, 0.3) is 0 Å². The molecule has 1 aromatic rings. The number of likely N-dealkylation sites (tertiary alicyclic amines) is 1. The minimum atomic E-state index is 0.302. The van der Waals surface area contributed by atoms with Crippen LogP contribution >= 0.6 is 12.2 Å². The van der Waals surface area contributed by atoms with Crippen molar-refractivity contribution in [2.75, 3.05) is 20.2 Å². The quantitative estimate of drug-likeness (QED) is 0.840. The van der Waals surface area contributed by atoms with Gasteiger partial charge in [-0.15, -0.1) is 0 Å². The number of ether oxygens (including phenoxy) is 1. The third-order valence-electron chi connectivity index (χ3n) is 3.83. The Morgan fingerprint density at radius 3 is 2.53 bits per heavy atom. The van der Waals surface area contributed by atoms with Gasteiger partial charge in [0.25, 0.3) is 0 Å². The van der Waals surface area contributed by atoms with E-state index in [1.807, 2.05) is 6.07 Å². The molecule has 1 aliphatic heterocycles. The van der Waals surface area contributed by atoms with Gasteiger partial charge in [-0.05, 0) is 18.4 Å². The van der Waals surface area contributed by atoms with Crippen molar-refractivity contribution in [3.05, 3.63) is 35.9 Å². The van der Waals surface area contributed by atoms with Gasteiger partial charge in [-0.25, -0.2) is 0 Å². The maximum absolute atomic E-state index is 5.77. The summed E-state index contributed by atoms with van der Waals surface area (Å²) in [4.78, 5) is 3.06. The van der Waals surface area contributed by atoms with Crippen molar-refractivity contribution in [3.8, 4) is 0 Å².